The molecule has 24 rings (SSSR count). The van der Waals surface area contributed by atoms with Crippen LogP contribution in [0, 0.1) is 0 Å². The summed E-state index contributed by atoms with van der Waals surface area (Å²) in [6.45, 7) is 0. The molecule has 0 spiro atoms. The van der Waals surface area contributed by atoms with Crippen LogP contribution in [0.4, 0.5) is 28.4 Å². The number of nitrogens with zero attached hydrogens (tertiary/aromatic N) is 2. The fraction of sp³-hybridized carbons (Fsp3) is 0.357. The Bertz CT molecular complexity index is 6490. The molecule has 8 saturated carbocycles. The maximum absolute atomic E-state index is 2.86. The van der Waals surface area contributed by atoms with E-state index in [2.05, 4.69) is 343 Å². The monoisotopic (exact) mass is 1860 g/mol. The highest BCUT2D eigenvalue weighted by Crippen LogP contribution is 2.57. The number of benzene rings is 15. The molecule has 0 aliphatic heterocycles. The summed E-state index contributed by atoms with van der Waals surface area (Å²) < 4.78 is 0. The van der Waals surface area contributed by atoms with Gasteiger partial charge >= 0.3 is 0 Å². The van der Waals surface area contributed by atoms with Gasteiger partial charge in [0.25, 0.3) is 0 Å². The van der Waals surface area contributed by atoms with E-state index in [1.165, 1.54) is 435 Å². The Morgan fingerprint density at radius 3 is 0.676 bits per heavy atom. The third-order valence-corrected chi connectivity index (χ3v) is 36.2. The van der Waals surface area contributed by atoms with E-state index in [1.807, 2.05) is 0 Å². The molecular formula is C140H146N2. The first-order valence-electron chi connectivity index (χ1n) is 56.7. The van der Waals surface area contributed by atoms with E-state index in [0.717, 1.165) is 23.5 Å². The zero-order chi connectivity index (χ0) is 94.4. The third-order valence-electron chi connectivity index (χ3n) is 36.2. The molecule has 0 N–H and O–H groups in total. The van der Waals surface area contributed by atoms with Crippen molar-refractivity contribution in [2.45, 2.75) is 317 Å². The van der Waals surface area contributed by atoms with Crippen molar-refractivity contribution in [1.82, 2.24) is 0 Å². The second kappa shape index (κ2) is 42.8. The molecule has 0 heterocycles. The van der Waals surface area contributed by atoms with Crippen LogP contribution in [0.1, 0.15) is 372 Å². The minimum Gasteiger partial charge on any atom is -0.313 e. The molecular weight excluding hydrogens is 1710 g/mol. The highest BCUT2D eigenvalue weighted by Gasteiger charge is 2.35. The number of allylic oxidation sites excluding steroid dienone is 4. The van der Waals surface area contributed by atoms with Crippen molar-refractivity contribution in [2.24, 2.45) is 0 Å². The zero-order valence-corrected chi connectivity index (χ0v) is 84.3. The van der Waals surface area contributed by atoms with Gasteiger partial charge in [0, 0.05) is 50.2 Å². The number of anilines is 5. The summed E-state index contributed by atoms with van der Waals surface area (Å²) in [5.74, 6) is 4.83. The quantitative estimate of drug-likeness (QED) is 0.0465. The molecule has 9 aliphatic rings. The Morgan fingerprint density at radius 2 is 0.387 bits per heavy atom. The van der Waals surface area contributed by atoms with Gasteiger partial charge < -0.3 is 9.80 Å². The molecule has 0 saturated heterocycles. The predicted octanol–water partition coefficient (Wildman–Crippen LogP) is 41.8. The Balaban J connectivity index is 0.788. The zero-order valence-electron chi connectivity index (χ0n) is 84.3. The smallest absolute Gasteiger partial charge is 0.0620 e. The lowest BCUT2D eigenvalue weighted by atomic mass is 9.81. The number of hydrogen-bond donors (Lipinski definition) is 0. The minimum atomic E-state index is 0.0483. The van der Waals surface area contributed by atoms with E-state index in [4.69, 9.17) is 0 Å². The van der Waals surface area contributed by atoms with Crippen LogP contribution in [0.3, 0.4) is 0 Å². The maximum Gasteiger partial charge on any atom is 0.0620 e. The van der Waals surface area contributed by atoms with Crippen LogP contribution in [0.5, 0.6) is 0 Å². The molecule has 15 aromatic rings. The predicted molar refractivity (Wildman–Crippen MR) is 606 cm³/mol. The van der Waals surface area contributed by atoms with Crippen molar-refractivity contribution in [3.63, 3.8) is 0 Å². The second-order valence-electron chi connectivity index (χ2n) is 45.1. The van der Waals surface area contributed by atoms with Gasteiger partial charge in [-0.1, -0.05) is 421 Å². The topological polar surface area (TPSA) is 6.48 Å². The average molecular weight is 1860 g/mol. The highest BCUT2D eigenvalue weighted by molar-refractivity contribution is 6.24. The fourth-order valence-corrected chi connectivity index (χ4v) is 28.0. The van der Waals surface area contributed by atoms with Crippen molar-refractivity contribution < 1.29 is 0 Å². The number of fused-ring (bicyclic) bond motifs is 2. The molecule has 15 aromatic carbocycles. The van der Waals surface area contributed by atoms with Crippen LogP contribution in [0.15, 0.2) is 339 Å². The van der Waals surface area contributed by atoms with Crippen molar-refractivity contribution in [2.75, 3.05) is 9.80 Å². The first-order chi connectivity index (χ1) is 70.3. The van der Waals surface area contributed by atoms with Crippen LogP contribution in [0.25, 0.3) is 105 Å². The lowest BCUT2D eigenvalue weighted by Crippen LogP contribution is -2.22. The molecule has 1 atom stereocenters. The minimum absolute atomic E-state index is 0.0483. The van der Waals surface area contributed by atoms with E-state index in [-0.39, 0.29) is 5.92 Å². The number of hydrogen-bond acceptors (Lipinski definition) is 2. The van der Waals surface area contributed by atoms with Crippen molar-refractivity contribution in [1.29, 1.82) is 0 Å². The van der Waals surface area contributed by atoms with Crippen molar-refractivity contribution >= 4 is 55.6 Å². The van der Waals surface area contributed by atoms with Gasteiger partial charge in [-0.2, -0.15) is 0 Å². The molecule has 142 heavy (non-hydrogen) atoms. The van der Waals surface area contributed by atoms with E-state index in [0.29, 0.717) is 47.3 Å². The molecule has 1 unspecified atom stereocenters. The third kappa shape index (κ3) is 20.1. The molecule has 0 aromatic heterocycles. The van der Waals surface area contributed by atoms with E-state index < -0.39 is 0 Å². The van der Waals surface area contributed by atoms with E-state index in [9.17, 15) is 0 Å². The first-order valence-corrected chi connectivity index (χ1v) is 56.7. The van der Waals surface area contributed by atoms with Crippen LogP contribution in [-0.2, 0) is 0 Å². The molecule has 716 valence electrons. The van der Waals surface area contributed by atoms with Gasteiger partial charge in [-0.25, -0.2) is 0 Å². The van der Waals surface area contributed by atoms with Gasteiger partial charge in [0.1, 0.15) is 0 Å². The van der Waals surface area contributed by atoms with Gasteiger partial charge in [0.05, 0.1) is 11.4 Å². The SMILES string of the molecule is C1=C(c2ccc(C3CCCCC3)cc2)C=C(N(c2cc(-c3ccc(C4CCCCC4)cc3)cc(-c3ccc(C4CCCCC4)cc3)c2)c2c3ccccc3c(N(c3cc(-c4ccc(C5CCCCC5)cc4)cc(-c4ccc(C5CCCCC5)cc4)c3)c3cc(-c4ccc(C5CCCCC5)cc4)cc(-c4ccc(C5CCCCC5)cc4)c3)c3ccc(-c4ccccc4)cc23)CC1c1ccc(C2CCCCC2)cc1. The summed E-state index contributed by atoms with van der Waals surface area (Å²) in [7, 11) is 0. The molecule has 8 fully saturated rings. The van der Waals surface area contributed by atoms with Crippen LogP contribution >= 0.6 is 0 Å². The Labute approximate surface area is 848 Å². The summed E-state index contributed by atoms with van der Waals surface area (Å²) >= 11 is 0. The summed E-state index contributed by atoms with van der Waals surface area (Å²) in [5, 5.41) is 4.78. The lowest BCUT2D eigenvalue weighted by molar-refractivity contribution is 0.443. The summed E-state index contributed by atoms with van der Waals surface area (Å²) in [5.41, 5.74) is 40.1. The van der Waals surface area contributed by atoms with Crippen molar-refractivity contribution in [3.05, 3.63) is 395 Å². The molecule has 2 heteroatoms. The largest absolute Gasteiger partial charge is 0.313 e. The average Bonchev–Trinajstić information content (AvgIpc) is 0.711. The van der Waals surface area contributed by atoms with Gasteiger partial charge in [0.15, 0.2) is 0 Å². The van der Waals surface area contributed by atoms with Crippen molar-refractivity contribution in [3.8, 4) is 77.9 Å². The Morgan fingerprint density at radius 1 is 0.162 bits per heavy atom. The van der Waals surface area contributed by atoms with Gasteiger partial charge in [-0.05, 0) is 362 Å². The summed E-state index contributed by atoms with van der Waals surface area (Å²) in [6.07, 6.45) is 58.1. The molecule has 2 nitrogen and oxygen atoms in total. The van der Waals surface area contributed by atoms with Gasteiger partial charge in [-0.3, -0.25) is 0 Å². The Kier molecular flexibility index (Phi) is 27.8. The highest BCUT2D eigenvalue weighted by atomic mass is 15.2. The van der Waals surface area contributed by atoms with Crippen LogP contribution < -0.4 is 9.80 Å². The summed E-state index contributed by atoms with van der Waals surface area (Å²) in [4.78, 5) is 5.65. The summed E-state index contributed by atoms with van der Waals surface area (Å²) in [6, 6.07) is 132. The molecule has 0 amide bonds. The lowest BCUT2D eigenvalue weighted by Gasteiger charge is -2.37. The van der Waals surface area contributed by atoms with Gasteiger partial charge in [-0.15, -0.1) is 0 Å². The van der Waals surface area contributed by atoms with E-state index in [1.54, 1.807) is 0 Å². The normalized spacial score (nSPS) is 18.9. The molecule has 0 bridgehead atoms. The van der Waals surface area contributed by atoms with Crippen LogP contribution in [-0.4, -0.2) is 0 Å². The molecule has 9 aliphatic carbocycles. The standard InChI is InChI=1S/C140H146N2/c1-10-30-97(31-11-1)106-50-66-114(67-51-106)123-84-124(115-68-52-107(53-69-115)98-32-12-2-13-33-98)89-131(88-123)141(132-90-125(116-70-54-108(55-71-116)99-34-14-3-15-35-99)85-126(91-132)117-72-56-109(57-73-117)100-36-16-4-17-37-100)139-135-48-28-29-49-136(135)140(138-96-122(82-83-137(138)139)105-46-26-9-27-47-105)142(133-92-127(118-74-58-110(59-75-118)101-38-18-5-19-39-101)86-128(93-133)119-76-60-111(61-77-119)102-40-20-6-21-41-102)134-94-129(120-78-62-112(63-79-120)103-42-22-7-23-43-103)87-130(95-134)121-80-64-113(65-81-121)104-44-24-8-25-45-104/h9,26-29,46-94,96-104,130H,1-8,10-25,30-45,95H2. The van der Waals surface area contributed by atoms with E-state index >= 15 is 0 Å². The van der Waals surface area contributed by atoms with Crippen LogP contribution in [0.2, 0.25) is 0 Å². The van der Waals surface area contributed by atoms with Gasteiger partial charge in [0.2, 0.25) is 0 Å². The number of rotatable bonds is 23. The molecule has 0 radical (unpaired) electrons. The fourth-order valence-electron chi connectivity index (χ4n) is 28.0. The Hall–Kier alpha value is -12.1. The first kappa shape index (κ1) is 92.3. The maximum atomic E-state index is 2.86. The second-order valence-corrected chi connectivity index (χ2v) is 45.1.